The van der Waals surface area contributed by atoms with Gasteiger partial charge in [0.1, 0.15) is 5.75 Å². The van der Waals surface area contributed by atoms with Crippen LogP contribution in [0.25, 0.3) is 0 Å². The van der Waals surface area contributed by atoms with Crippen molar-refractivity contribution >= 4 is 41.5 Å². The highest BCUT2D eigenvalue weighted by atomic mass is 127. The number of guanidine groups is 1. The first-order chi connectivity index (χ1) is 10.6. The molecule has 0 amide bonds. The summed E-state index contributed by atoms with van der Waals surface area (Å²) in [5, 5.41) is 7.23. The third-order valence-corrected chi connectivity index (χ3v) is 3.27. The lowest BCUT2D eigenvalue weighted by Crippen LogP contribution is -2.44. The van der Waals surface area contributed by atoms with E-state index in [0.717, 1.165) is 35.3 Å². The van der Waals surface area contributed by atoms with Crippen molar-refractivity contribution in [1.29, 1.82) is 0 Å². The number of benzene rings is 1. The minimum atomic E-state index is 0. The van der Waals surface area contributed by atoms with Crippen LogP contribution in [0.4, 0.5) is 0 Å². The second-order valence-electron chi connectivity index (χ2n) is 5.11. The lowest BCUT2D eigenvalue weighted by molar-refractivity contribution is 0.179. The van der Waals surface area contributed by atoms with E-state index in [0.29, 0.717) is 13.2 Å². The van der Waals surface area contributed by atoms with Crippen LogP contribution in [-0.2, 0) is 4.74 Å². The number of ether oxygens (including phenoxy) is 2. The van der Waals surface area contributed by atoms with E-state index < -0.39 is 0 Å². The quantitative estimate of drug-likeness (QED) is 0.273. The number of hydrogen-bond donors (Lipinski definition) is 2. The van der Waals surface area contributed by atoms with Crippen molar-refractivity contribution in [2.45, 2.75) is 26.3 Å². The molecule has 0 saturated carbocycles. The summed E-state index contributed by atoms with van der Waals surface area (Å²) in [7, 11) is 3.44. The molecule has 0 heterocycles. The fraction of sp³-hybridized carbons (Fsp3) is 0.562. The molecule has 0 aliphatic heterocycles. The topological polar surface area (TPSA) is 54.9 Å². The molecule has 1 atom stereocenters. The fourth-order valence-corrected chi connectivity index (χ4v) is 2.18. The second kappa shape index (κ2) is 12.7. The summed E-state index contributed by atoms with van der Waals surface area (Å²) in [4.78, 5) is 4.17. The maximum Gasteiger partial charge on any atom is 0.191 e. The highest BCUT2D eigenvalue weighted by molar-refractivity contribution is 14.0. The van der Waals surface area contributed by atoms with E-state index in [9.17, 15) is 0 Å². The maximum absolute atomic E-state index is 5.92. The Morgan fingerprint density at radius 3 is 2.74 bits per heavy atom. The maximum atomic E-state index is 5.92. The second-order valence-corrected chi connectivity index (χ2v) is 5.55. The lowest BCUT2D eigenvalue weighted by Gasteiger charge is -2.17. The molecule has 1 rings (SSSR count). The lowest BCUT2D eigenvalue weighted by atomic mass is 10.2. The summed E-state index contributed by atoms with van der Waals surface area (Å²) in [6, 6.07) is 5.85. The van der Waals surface area contributed by atoms with Gasteiger partial charge in [-0.05, 0) is 44.0 Å². The van der Waals surface area contributed by atoms with Crippen molar-refractivity contribution in [3.8, 4) is 5.75 Å². The summed E-state index contributed by atoms with van der Waals surface area (Å²) in [5.41, 5.74) is 1.05. The van der Waals surface area contributed by atoms with Gasteiger partial charge in [0.15, 0.2) is 5.96 Å². The number of nitrogens with zero attached hydrogens (tertiary/aromatic N) is 1. The average Bonchev–Trinajstić information content (AvgIpc) is 2.47. The smallest absolute Gasteiger partial charge is 0.191 e. The Morgan fingerprint density at radius 1 is 1.39 bits per heavy atom. The molecule has 2 N–H and O–H groups in total. The van der Waals surface area contributed by atoms with Crippen molar-refractivity contribution < 1.29 is 9.47 Å². The summed E-state index contributed by atoms with van der Waals surface area (Å²) >= 11 is 5.92. The van der Waals surface area contributed by atoms with Crippen LogP contribution in [0.5, 0.6) is 5.75 Å². The predicted molar refractivity (Wildman–Crippen MR) is 108 cm³/mol. The first-order valence-electron chi connectivity index (χ1n) is 7.42. The summed E-state index contributed by atoms with van der Waals surface area (Å²) < 4.78 is 10.8. The molecule has 0 aromatic heterocycles. The molecule has 1 aromatic rings. The Morgan fingerprint density at radius 2 is 2.13 bits per heavy atom. The SMILES string of the molecule is CN=C(NCCCOc1ccc(Cl)cc1C)NC(C)COC.I. The minimum absolute atomic E-state index is 0. The molecule has 1 unspecified atom stereocenters. The van der Waals surface area contributed by atoms with Gasteiger partial charge in [-0.2, -0.15) is 0 Å². The van der Waals surface area contributed by atoms with E-state index in [1.54, 1.807) is 14.2 Å². The van der Waals surface area contributed by atoms with Gasteiger partial charge in [-0.15, -0.1) is 24.0 Å². The molecular formula is C16H27ClIN3O2. The number of hydrogen-bond acceptors (Lipinski definition) is 3. The monoisotopic (exact) mass is 455 g/mol. The van der Waals surface area contributed by atoms with E-state index in [4.69, 9.17) is 21.1 Å². The van der Waals surface area contributed by atoms with E-state index in [1.807, 2.05) is 32.0 Å². The molecule has 1 aromatic carbocycles. The van der Waals surface area contributed by atoms with Crippen LogP contribution in [0.15, 0.2) is 23.2 Å². The molecular weight excluding hydrogens is 429 g/mol. The molecule has 0 bridgehead atoms. The zero-order chi connectivity index (χ0) is 16.4. The van der Waals surface area contributed by atoms with Gasteiger partial charge in [-0.1, -0.05) is 11.6 Å². The molecule has 0 radical (unpaired) electrons. The fourth-order valence-electron chi connectivity index (χ4n) is 1.96. The van der Waals surface area contributed by atoms with Crippen LogP contribution in [0.1, 0.15) is 18.9 Å². The van der Waals surface area contributed by atoms with Crippen LogP contribution in [0, 0.1) is 6.92 Å². The van der Waals surface area contributed by atoms with Crippen molar-refractivity contribution in [1.82, 2.24) is 10.6 Å². The van der Waals surface area contributed by atoms with Crippen LogP contribution >= 0.6 is 35.6 Å². The van der Waals surface area contributed by atoms with Gasteiger partial charge in [0.05, 0.1) is 13.2 Å². The Kier molecular flexibility index (Phi) is 12.3. The summed E-state index contributed by atoms with van der Waals surface area (Å²) in [5.74, 6) is 1.65. The van der Waals surface area contributed by atoms with Gasteiger partial charge in [0.25, 0.3) is 0 Å². The first-order valence-corrected chi connectivity index (χ1v) is 7.79. The number of aryl methyl sites for hydroxylation is 1. The first kappa shape index (κ1) is 22.3. The normalized spacial score (nSPS) is 12.3. The zero-order valence-corrected chi connectivity index (χ0v) is 17.3. The standard InChI is InChI=1S/C16H26ClN3O2.HI/c1-12-10-14(17)6-7-15(12)22-9-5-8-19-16(18-3)20-13(2)11-21-4;/h6-7,10,13H,5,8-9,11H2,1-4H3,(H2,18,19,20);1H. The Bertz CT molecular complexity index is 486. The Balaban J connectivity index is 0.00000484. The number of rotatable bonds is 8. The highest BCUT2D eigenvalue weighted by Crippen LogP contribution is 2.21. The van der Waals surface area contributed by atoms with Gasteiger partial charge in [-0.25, -0.2) is 0 Å². The highest BCUT2D eigenvalue weighted by Gasteiger charge is 2.04. The average molecular weight is 456 g/mol. The predicted octanol–water partition coefficient (Wildman–Crippen LogP) is 3.24. The molecule has 0 aliphatic carbocycles. The number of nitrogens with one attached hydrogen (secondary N) is 2. The van der Waals surface area contributed by atoms with Gasteiger partial charge >= 0.3 is 0 Å². The molecule has 0 fully saturated rings. The largest absolute Gasteiger partial charge is 0.493 e. The van der Waals surface area contributed by atoms with Gasteiger partial charge in [-0.3, -0.25) is 4.99 Å². The number of aliphatic imine (C=N–C) groups is 1. The molecule has 0 saturated heterocycles. The third-order valence-electron chi connectivity index (χ3n) is 3.03. The van der Waals surface area contributed by atoms with Crippen molar-refractivity contribution in [2.75, 3.05) is 33.9 Å². The number of halogens is 2. The van der Waals surface area contributed by atoms with E-state index in [-0.39, 0.29) is 30.0 Å². The van der Waals surface area contributed by atoms with Crippen LogP contribution in [0.2, 0.25) is 5.02 Å². The third kappa shape index (κ3) is 9.22. The van der Waals surface area contributed by atoms with Crippen LogP contribution in [-0.4, -0.2) is 45.9 Å². The van der Waals surface area contributed by atoms with Crippen LogP contribution in [0.3, 0.4) is 0 Å². The molecule has 5 nitrogen and oxygen atoms in total. The van der Waals surface area contributed by atoms with Crippen molar-refractivity contribution in [3.05, 3.63) is 28.8 Å². The van der Waals surface area contributed by atoms with Gasteiger partial charge in [0.2, 0.25) is 0 Å². The summed E-state index contributed by atoms with van der Waals surface area (Å²) in [6.07, 6.45) is 0.876. The molecule has 0 spiro atoms. The van der Waals surface area contributed by atoms with Crippen molar-refractivity contribution in [2.24, 2.45) is 4.99 Å². The van der Waals surface area contributed by atoms with Crippen LogP contribution < -0.4 is 15.4 Å². The minimum Gasteiger partial charge on any atom is -0.493 e. The molecule has 132 valence electrons. The number of methoxy groups -OCH3 is 1. The van der Waals surface area contributed by atoms with Gasteiger partial charge < -0.3 is 20.1 Å². The summed E-state index contributed by atoms with van der Waals surface area (Å²) in [6.45, 7) is 6.09. The molecule has 0 aliphatic rings. The Hall–Kier alpha value is -0.730. The van der Waals surface area contributed by atoms with E-state index in [2.05, 4.69) is 15.6 Å². The Labute approximate surface area is 161 Å². The molecule has 23 heavy (non-hydrogen) atoms. The molecule has 7 heteroatoms. The van der Waals surface area contributed by atoms with E-state index in [1.165, 1.54) is 0 Å². The zero-order valence-electron chi connectivity index (χ0n) is 14.2. The van der Waals surface area contributed by atoms with E-state index >= 15 is 0 Å². The van der Waals surface area contributed by atoms with Crippen molar-refractivity contribution in [3.63, 3.8) is 0 Å². The van der Waals surface area contributed by atoms with Gasteiger partial charge in [0, 0.05) is 31.8 Å².